The van der Waals surface area contributed by atoms with E-state index >= 15 is 0 Å². The number of aliphatic carboxylic acids is 1. The fourth-order valence-electron chi connectivity index (χ4n) is 1.38. The second-order valence-corrected chi connectivity index (χ2v) is 4.39. The summed E-state index contributed by atoms with van der Waals surface area (Å²) in [5.41, 5.74) is 5.42. The lowest BCUT2D eigenvalue weighted by Crippen LogP contribution is -2.52. The minimum Gasteiger partial charge on any atom is -0.480 e. The zero-order chi connectivity index (χ0) is 13.0. The van der Waals surface area contributed by atoms with Gasteiger partial charge in [-0.1, -0.05) is 0 Å². The average Bonchev–Trinajstić information content (AvgIpc) is 2.76. The van der Waals surface area contributed by atoms with E-state index in [4.69, 9.17) is 10.8 Å². The molecule has 2 atom stereocenters. The Morgan fingerprint density at radius 2 is 2.24 bits per heavy atom. The van der Waals surface area contributed by atoms with Crippen molar-refractivity contribution in [3.8, 4) is 0 Å². The van der Waals surface area contributed by atoms with Gasteiger partial charge in [0.05, 0.1) is 12.5 Å². The maximum atomic E-state index is 11.8. The fraction of sp³-hybridized carbons (Fsp3) is 0.667. The van der Waals surface area contributed by atoms with E-state index in [2.05, 4.69) is 4.74 Å². The van der Waals surface area contributed by atoms with Crippen molar-refractivity contribution in [3.05, 3.63) is 0 Å². The molecule has 1 rings (SSSR count). The molecule has 1 aliphatic rings. The number of carbonyl (C=O) groups excluding carboxylic acids is 2. The third kappa shape index (κ3) is 3.10. The molecular formula is C9H14N2O5S. The molecule has 0 spiro atoms. The molecular weight excluding hydrogens is 248 g/mol. The summed E-state index contributed by atoms with van der Waals surface area (Å²) < 4.78 is 4.61. The van der Waals surface area contributed by atoms with E-state index in [1.54, 1.807) is 6.92 Å². The predicted molar refractivity (Wildman–Crippen MR) is 60.2 cm³/mol. The minimum absolute atomic E-state index is 0.122. The van der Waals surface area contributed by atoms with Gasteiger partial charge in [0, 0.05) is 5.75 Å². The molecule has 17 heavy (non-hydrogen) atoms. The Kier molecular flexibility index (Phi) is 4.76. The highest BCUT2D eigenvalue weighted by Gasteiger charge is 2.39. The molecule has 0 radical (unpaired) electrons. The summed E-state index contributed by atoms with van der Waals surface area (Å²) in [5.74, 6) is -2.11. The highest BCUT2D eigenvalue weighted by Crippen LogP contribution is 2.21. The molecule has 3 N–H and O–H groups in total. The fourth-order valence-corrected chi connectivity index (χ4v) is 2.53. The quantitative estimate of drug-likeness (QED) is 0.487. The molecule has 96 valence electrons. The number of amides is 1. The minimum atomic E-state index is -1.45. The molecule has 1 amide bonds. The van der Waals surface area contributed by atoms with Crippen molar-refractivity contribution in [1.82, 2.24) is 4.90 Å². The van der Waals surface area contributed by atoms with Crippen LogP contribution in [0.25, 0.3) is 0 Å². The second kappa shape index (κ2) is 5.87. The third-order valence-electron chi connectivity index (χ3n) is 2.26. The van der Waals surface area contributed by atoms with E-state index in [0.29, 0.717) is 5.75 Å². The molecule has 0 saturated carbocycles. The number of esters is 1. The summed E-state index contributed by atoms with van der Waals surface area (Å²) in [6, 6.07) is -2.37. The Hall–Kier alpha value is -1.28. The Labute approximate surface area is 102 Å². The van der Waals surface area contributed by atoms with Crippen LogP contribution in [0.3, 0.4) is 0 Å². The van der Waals surface area contributed by atoms with Gasteiger partial charge in [-0.05, 0) is 6.92 Å². The Bertz CT molecular complexity index is 335. The first-order chi connectivity index (χ1) is 7.99. The highest BCUT2D eigenvalue weighted by atomic mass is 32.2. The maximum Gasteiger partial charge on any atom is 0.332 e. The number of carboxylic acids is 1. The summed E-state index contributed by atoms with van der Waals surface area (Å²) in [6.07, 6.45) is 0. The van der Waals surface area contributed by atoms with Crippen LogP contribution in [0, 0.1) is 0 Å². The van der Waals surface area contributed by atoms with Gasteiger partial charge in [-0.2, -0.15) is 0 Å². The molecule has 0 aromatic rings. The van der Waals surface area contributed by atoms with Gasteiger partial charge in [-0.15, -0.1) is 11.8 Å². The van der Waals surface area contributed by atoms with Crippen molar-refractivity contribution in [3.63, 3.8) is 0 Å². The van der Waals surface area contributed by atoms with Gasteiger partial charge >= 0.3 is 11.9 Å². The number of rotatable bonds is 4. The molecule has 0 aliphatic carbocycles. The Balaban J connectivity index is 2.68. The number of ether oxygens (including phenoxy) is 1. The van der Waals surface area contributed by atoms with Crippen molar-refractivity contribution >= 4 is 29.6 Å². The number of hydrogen-bond donors (Lipinski definition) is 2. The number of hydrogen-bond acceptors (Lipinski definition) is 6. The van der Waals surface area contributed by atoms with Gasteiger partial charge in [-0.25, -0.2) is 9.59 Å². The maximum absolute atomic E-state index is 11.8. The van der Waals surface area contributed by atoms with Gasteiger partial charge in [0.25, 0.3) is 5.91 Å². The molecule has 0 aromatic carbocycles. The molecule has 7 nitrogen and oxygen atoms in total. The van der Waals surface area contributed by atoms with Crippen LogP contribution >= 0.6 is 11.8 Å². The van der Waals surface area contributed by atoms with Gasteiger partial charge in [-0.3, -0.25) is 4.79 Å². The van der Waals surface area contributed by atoms with E-state index in [0.717, 1.165) is 4.90 Å². The lowest BCUT2D eigenvalue weighted by atomic mass is 10.2. The van der Waals surface area contributed by atoms with Gasteiger partial charge in [0.2, 0.25) is 0 Å². The lowest BCUT2D eigenvalue weighted by molar-refractivity contribution is -0.155. The monoisotopic (exact) mass is 262 g/mol. The SMILES string of the molecule is CCOC(=O)C(N)C(=O)N1CSCC1C(=O)O. The molecule has 1 saturated heterocycles. The topological polar surface area (TPSA) is 110 Å². The molecule has 0 bridgehead atoms. The molecule has 0 aromatic heterocycles. The number of carboxylic acid groups (broad SMARTS) is 1. The van der Waals surface area contributed by atoms with Crippen LogP contribution in [-0.4, -0.2) is 58.2 Å². The van der Waals surface area contributed by atoms with Gasteiger partial charge in [0.1, 0.15) is 6.04 Å². The zero-order valence-electron chi connectivity index (χ0n) is 9.29. The van der Waals surface area contributed by atoms with Crippen LogP contribution in [0.15, 0.2) is 0 Å². The van der Waals surface area contributed by atoms with E-state index in [-0.39, 0.29) is 12.5 Å². The number of carbonyl (C=O) groups is 3. The summed E-state index contributed by atoms with van der Waals surface area (Å²) in [6.45, 7) is 1.72. The van der Waals surface area contributed by atoms with Crippen LogP contribution in [0.5, 0.6) is 0 Å². The average molecular weight is 262 g/mol. The Morgan fingerprint density at radius 3 is 2.76 bits per heavy atom. The van der Waals surface area contributed by atoms with E-state index in [1.807, 2.05) is 0 Å². The third-order valence-corrected chi connectivity index (χ3v) is 3.27. The van der Waals surface area contributed by atoms with Crippen molar-refractivity contribution in [2.45, 2.75) is 19.0 Å². The van der Waals surface area contributed by atoms with Crippen LogP contribution in [0.2, 0.25) is 0 Å². The first-order valence-corrected chi connectivity index (χ1v) is 6.17. The molecule has 1 heterocycles. The number of nitrogens with zero attached hydrogens (tertiary/aromatic N) is 1. The molecule has 8 heteroatoms. The summed E-state index contributed by atoms with van der Waals surface area (Å²) >= 11 is 1.31. The van der Waals surface area contributed by atoms with E-state index in [9.17, 15) is 14.4 Å². The molecule has 2 unspecified atom stereocenters. The largest absolute Gasteiger partial charge is 0.480 e. The zero-order valence-corrected chi connectivity index (χ0v) is 10.1. The predicted octanol–water partition coefficient (Wildman–Crippen LogP) is -1.14. The normalized spacial score (nSPS) is 21.1. The summed E-state index contributed by atoms with van der Waals surface area (Å²) in [7, 11) is 0. The van der Waals surface area contributed by atoms with Crippen molar-refractivity contribution in [1.29, 1.82) is 0 Å². The number of nitrogens with two attached hydrogens (primary N) is 1. The number of thioether (sulfide) groups is 1. The lowest BCUT2D eigenvalue weighted by Gasteiger charge is -2.22. The van der Waals surface area contributed by atoms with Crippen LogP contribution in [0.4, 0.5) is 0 Å². The first kappa shape index (κ1) is 13.8. The summed E-state index contributed by atoms with van der Waals surface area (Å²) in [5, 5.41) is 8.89. The molecule has 1 aliphatic heterocycles. The van der Waals surface area contributed by atoms with Crippen molar-refractivity contribution in [2.75, 3.05) is 18.2 Å². The van der Waals surface area contributed by atoms with Crippen LogP contribution < -0.4 is 5.73 Å². The van der Waals surface area contributed by atoms with Gasteiger partial charge < -0.3 is 20.5 Å². The standard InChI is InChI=1S/C9H14N2O5S/c1-2-16-9(15)6(10)7(12)11-4-17-3-5(11)8(13)14/h5-6H,2-4,10H2,1H3,(H,13,14). The van der Waals surface area contributed by atoms with E-state index in [1.165, 1.54) is 11.8 Å². The first-order valence-electron chi connectivity index (χ1n) is 5.02. The summed E-state index contributed by atoms with van der Waals surface area (Å²) in [4.78, 5) is 35.0. The smallest absolute Gasteiger partial charge is 0.332 e. The molecule has 1 fully saturated rings. The highest BCUT2D eigenvalue weighted by molar-refractivity contribution is 7.99. The van der Waals surface area contributed by atoms with Crippen molar-refractivity contribution in [2.24, 2.45) is 5.73 Å². The van der Waals surface area contributed by atoms with Crippen LogP contribution in [0.1, 0.15) is 6.92 Å². The van der Waals surface area contributed by atoms with E-state index < -0.39 is 29.9 Å². The second-order valence-electron chi connectivity index (χ2n) is 3.39. The van der Waals surface area contributed by atoms with Crippen LogP contribution in [-0.2, 0) is 19.1 Å². The van der Waals surface area contributed by atoms with Gasteiger partial charge in [0.15, 0.2) is 6.04 Å². The Morgan fingerprint density at radius 1 is 1.59 bits per heavy atom. The van der Waals surface area contributed by atoms with Crippen molar-refractivity contribution < 1.29 is 24.2 Å².